The zero-order chi connectivity index (χ0) is 36.0. The summed E-state index contributed by atoms with van der Waals surface area (Å²) in [4.78, 5) is 2.38. The number of rotatable bonds is 7. The van der Waals surface area contributed by atoms with E-state index in [1.807, 2.05) is 25.1 Å². The fourth-order valence-electron chi connectivity index (χ4n) is 7.95. The summed E-state index contributed by atoms with van der Waals surface area (Å²) < 4.78 is 8.72. The fraction of sp³-hybridized carbons (Fsp3) is 0.0196. The van der Waals surface area contributed by atoms with Gasteiger partial charge in [0.2, 0.25) is 0 Å². The van der Waals surface area contributed by atoms with Crippen molar-refractivity contribution in [3.8, 4) is 16.8 Å². The van der Waals surface area contributed by atoms with Crippen molar-refractivity contribution in [3.63, 3.8) is 0 Å². The van der Waals surface area contributed by atoms with Crippen LogP contribution in [0.15, 0.2) is 199 Å². The Kier molecular flexibility index (Phi) is 7.70. The molecule has 0 spiro atoms. The van der Waals surface area contributed by atoms with Crippen LogP contribution in [0.2, 0.25) is 0 Å². The quantitative estimate of drug-likeness (QED) is 0.155. The lowest BCUT2D eigenvalue weighted by Gasteiger charge is -2.27. The first-order chi connectivity index (χ1) is 26.7. The van der Waals surface area contributed by atoms with Gasteiger partial charge in [0.1, 0.15) is 11.2 Å². The predicted molar refractivity (Wildman–Crippen MR) is 230 cm³/mol. The molecule has 0 aliphatic rings. The molecule has 0 fully saturated rings. The third-order valence-electron chi connectivity index (χ3n) is 10.5. The first-order valence-corrected chi connectivity index (χ1v) is 18.5. The summed E-state index contributed by atoms with van der Waals surface area (Å²) in [5.41, 5.74) is 12.0. The molecule has 0 atom stereocenters. The van der Waals surface area contributed by atoms with E-state index in [9.17, 15) is 0 Å². The van der Waals surface area contributed by atoms with Crippen LogP contribution >= 0.6 is 0 Å². The van der Waals surface area contributed by atoms with Gasteiger partial charge in [-0.05, 0) is 89.7 Å². The minimum absolute atomic E-state index is 0.888. The number of hydrogen-bond acceptors (Lipinski definition) is 2. The Morgan fingerprint density at radius 1 is 0.481 bits per heavy atom. The van der Waals surface area contributed by atoms with E-state index in [4.69, 9.17) is 4.42 Å². The molecule has 0 amide bonds. The number of para-hydroxylation sites is 2. The van der Waals surface area contributed by atoms with E-state index < -0.39 is 0 Å². The van der Waals surface area contributed by atoms with E-state index in [0.29, 0.717) is 0 Å². The Morgan fingerprint density at radius 2 is 1.19 bits per heavy atom. The topological polar surface area (TPSA) is 21.3 Å². The van der Waals surface area contributed by atoms with Crippen LogP contribution in [-0.4, -0.2) is 4.57 Å². The zero-order valence-corrected chi connectivity index (χ0v) is 29.9. The van der Waals surface area contributed by atoms with Gasteiger partial charge in [0.25, 0.3) is 0 Å². The van der Waals surface area contributed by atoms with Crippen molar-refractivity contribution in [1.29, 1.82) is 0 Å². The number of anilines is 3. The maximum absolute atomic E-state index is 6.35. The standard InChI is InChI=1S/C51H36N2O/c1-2-3-4-13-35-24-27-39(28-25-35)52(47-22-12-15-36-14-5-6-18-42(36)47)40-17-11-16-37(32-40)38-26-30-44-43-19-7-9-21-48(43)53(49(44)33-38)41-29-31-46-45-20-8-10-23-50(45)54-51(46)34-41/h2-34H,1H3/b3-2-,13-4-. The van der Waals surface area contributed by atoms with Crippen molar-refractivity contribution in [1.82, 2.24) is 4.57 Å². The normalized spacial score (nSPS) is 12.0. The lowest BCUT2D eigenvalue weighted by molar-refractivity contribution is 0.668. The number of allylic oxidation sites excluding steroid dienone is 3. The SMILES string of the molecule is C/C=C\C=C/c1ccc(N(c2cccc(-c3ccc4c5ccccc5n(-c5ccc6c(c5)oc5ccccc56)c4c3)c2)c2cccc3ccccc23)cc1. The minimum atomic E-state index is 0.888. The molecule has 54 heavy (non-hydrogen) atoms. The highest BCUT2D eigenvalue weighted by atomic mass is 16.3. The average Bonchev–Trinajstić information content (AvgIpc) is 3.77. The third-order valence-corrected chi connectivity index (χ3v) is 10.5. The number of hydrogen-bond donors (Lipinski definition) is 0. The van der Waals surface area contributed by atoms with Gasteiger partial charge in [-0.2, -0.15) is 0 Å². The summed E-state index contributed by atoms with van der Waals surface area (Å²) in [6.45, 7) is 2.03. The molecule has 0 unspecified atom stereocenters. The Labute approximate surface area is 313 Å². The van der Waals surface area contributed by atoms with Gasteiger partial charge in [-0.1, -0.05) is 133 Å². The number of aromatic nitrogens is 1. The second kappa shape index (κ2) is 13.1. The first-order valence-electron chi connectivity index (χ1n) is 18.5. The largest absolute Gasteiger partial charge is 0.456 e. The minimum Gasteiger partial charge on any atom is -0.456 e. The van der Waals surface area contributed by atoms with Crippen LogP contribution in [0.4, 0.5) is 17.1 Å². The molecular formula is C51H36N2O. The summed E-state index contributed by atoms with van der Waals surface area (Å²) in [6.07, 6.45) is 8.31. The molecule has 0 aliphatic heterocycles. The number of fused-ring (bicyclic) bond motifs is 7. The monoisotopic (exact) mass is 692 g/mol. The van der Waals surface area contributed by atoms with Gasteiger partial charge in [0.15, 0.2) is 0 Å². The van der Waals surface area contributed by atoms with E-state index in [1.54, 1.807) is 0 Å². The Balaban J connectivity index is 1.12. The molecule has 8 aromatic carbocycles. The van der Waals surface area contributed by atoms with Gasteiger partial charge in [0, 0.05) is 50.1 Å². The Morgan fingerprint density at radius 3 is 2.07 bits per heavy atom. The third kappa shape index (κ3) is 5.37. The first kappa shape index (κ1) is 31.6. The second-order valence-corrected chi connectivity index (χ2v) is 13.7. The molecule has 2 heterocycles. The van der Waals surface area contributed by atoms with E-state index in [1.165, 1.54) is 27.1 Å². The van der Waals surface area contributed by atoms with Crippen LogP contribution in [0, 0.1) is 0 Å². The molecule has 3 nitrogen and oxygen atoms in total. The van der Waals surface area contributed by atoms with Crippen LogP contribution in [0.5, 0.6) is 0 Å². The van der Waals surface area contributed by atoms with Gasteiger partial charge in [-0.15, -0.1) is 0 Å². The summed E-state index contributed by atoms with van der Waals surface area (Å²) in [7, 11) is 0. The maximum Gasteiger partial charge on any atom is 0.137 e. The van der Waals surface area contributed by atoms with E-state index in [-0.39, 0.29) is 0 Å². The average molecular weight is 693 g/mol. The molecule has 0 radical (unpaired) electrons. The van der Waals surface area contributed by atoms with Gasteiger partial charge in [0.05, 0.1) is 16.7 Å². The molecule has 3 heteroatoms. The Bertz CT molecular complexity index is 3060. The molecule has 10 rings (SSSR count). The molecule has 0 bridgehead atoms. The number of benzene rings is 8. The van der Waals surface area contributed by atoms with Crippen LogP contribution in [0.25, 0.3) is 77.4 Å². The van der Waals surface area contributed by atoms with Crippen LogP contribution in [0.1, 0.15) is 12.5 Å². The smallest absolute Gasteiger partial charge is 0.137 e. The van der Waals surface area contributed by atoms with Gasteiger partial charge < -0.3 is 13.9 Å². The molecule has 10 aromatic rings. The van der Waals surface area contributed by atoms with Crippen molar-refractivity contribution >= 4 is 77.7 Å². The number of furan rings is 1. The van der Waals surface area contributed by atoms with Crippen molar-refractivity contribution < 1.29 is 4.42 Å². The summed E-state index contributed by atoms with van der Waals surface area (Å²) >= 11 is 0. The van der Waals surface area contributed by atoms with Crippen LogP contribution < -0.4 is 4.90 Å². The van der Waals surface area contributed by atoms with Crippen LogP contribution in [0.3, 0.4) is 0 Å². The molecular weight excluding hydrogens is 657 g/mol. The highest BCUT2D eigenvalue weighted by molar-refractivity contribution is 6.11. The van der Waals surface area contributed by atoms with Crippen molar-refractivity contribution in [2.24, 2.45) is 0 Å². The summed E-state index contributed by atoms with van der Waals surface area (Å²) in [6, 6.07) is 63.3. The molecule has 256 valence electrons. The van der Waals surface area contributed by atoms with Crippen molar-refractivity contribution in [3.05, 3.63) is 200 Å². The van der Waals surface area contributed by atoms with Gasteiger partial charge >= 0.3 is 0 Å². The maximum atomic E-state index is 6.35. The Hall–Kier alpha value is -7.10. The molecule has 0 N–H and O–H groups in total. The zero-order valence-electron chi connectivity index (χ0n) is 29.9. The lowest BCUT2D eigenvalue weighted by atomic mass is 10.0. The summed E-state index contributed by atoms with van der Waals surface area (Å²) in [5, 5.41) is 7.12. The van der Waals surface area contributed by atoms with Gasteiger partial charge in [-0.25, -0.2) is 0 Å². The highest BCUT2D eigenvalue weighted by Crippen LogP contribution is 2.42. The lowest BCUT2D eigenvalue weighted by Crippen LogP contribution is -2.10. The van der Waals surface area contributed by atoms with Gasteiger partial charge in [-0.3, -0.25) is 0 Å². The molecule has 0 saturated carbocycles. The fourth-order valence-corrected chi connectivity index (χ4v) is 7.95. The molecule has 0 saturated heterocycles. The van der Waals surface area contributed by atoms with Crippen LogP contribution in [-0.2, 0) is 0 Å². The van der Waals surface area contributed by atoms with E-state index in [2.05, 4.69) is 191 Å². The number of nitrogens with zero attached hydrogens (tertiary/aromatic N) is 2. The van der Waals surface area contributed by atoms with E-state index >= 15 is 0 Å². The summed E-state index contributed by atoms with van der Waals surface area (Å²) in [5.74, 6) is 0. The van der Waals surface area contributed by atoms with E-state index in [0.717, 1.165) is 66.9 Å². The molecule has 2 aromatic heterocycles. The van der Waals surface area contributed by atoms with Crippen molar-refractivity contribution in [2.45, 2.75) is 6.92 Å². The van der Waals surface area contributed by atoms with Crippen molar-refractivity contribution in [2.75, 3.05) is 4.90 Å². The second-order valence-electron chi connectivity index (χ2n) is 13.7. The highest BCUT2D eigenvalue weighted by Gasteiger charge is 2.18. The molecule has 0 aliphatic carbocycles. The predicted octanol–water partition coefficient (Wildman–Crippen LogP) is 14.6.